The quantitative estimate of drug-likeness (QED) is 0.883. The topological polar surface area (TPSA) is 55.9 Å². The largest absolute Gasteiger partial charge is 0.394 e. The first-order chi connectivity index (χ1) is 6.54. The van der Waals surface area contributed by atoms with Crippen LogP contribution in [0.4, 0.5) is 11.5 Å². The van der Waals surface area contributed by atoms with E-state index in [1.54, 1.807) is 0 Å². The minimum Gasteiger partial charge on any atom is -0.394 e. The third-order valence-electron chi connectivity index (χ3n) is 2.28. The molecule has 0 bridgehead atoms. The van der Waals surface area contributed by atoms with E-state index in [1.165, 1.54) is 0 Å². The first kappa shape index (κ1) is 17.8. The minimum atomic E-state index is 0. The summed E-state index contributed by atoms with van der Waals surface area (Å²) in [6.07, 6.45) is 2.93. The Morgan fingerprint density at radius 3 is 2.31 bits per heavy atom. The van der Waals surface area contributed by atoms with Gasteiger partial charge in [0.05, 0.1) is 11.9 Å². The van der Waals surface area contributed by atoms with Crippen molar-refractivity contribution in [2.24, 2.45) is 0 Å². The summed E-state index contributed by atoms with van der Waals surface area (Å²) in [7, 11) is 0. The van der Waals surface area contributed by atoms with Crippen molar-refractivity contribution in [3.63, 3.8) is 0 Å². The highest BCUT2D eigenvalue weighted by molar-refractivity contribution is 5.85. The summed E-state index contributed by atoms with van der Waals surface area (Å²) < 4.78 is 1.88. The van der Waals surface area contributed by atoms with Crippen LogP contribution in [0.5, 0.6) is 0 Å². The number of halogens is 2. The molecule has 0 aliphatic heterocycles. The van der Waals surface area contributed by atoms with Crippen molar-refractivity contribution in [1.82, 2.24) is 9.78 Å². The van der Waals surface area contributed by atoms with E-state index in [0.29, 0.717) is 12.1 Å². The Morgan fingerprint density at radius 1 is 1.38 bits per heavy atom. The van der Waals surface area contributed by atoms with Crippen LogP contribution in [-0.2, 0) is 0 Å². The molecule has 1 unspecified atom stereocenters. The Kier molecular flexibility index (Phi) is 8.47. The van der Waals surface area contributed by atoms with Gasteiger partial charge in [-0.3, -0.25) is 4.68 Å². The molecule has 0 aliphatic carbocycles. The smallest absolute Gasteiger partial charge is 0.171 e. The first-order valence-corrected chi connectivity index (χ1v) is 5.15. The zero-order valence-electron chi connectivity index (χ0n) is 10.2. The molecule has 0 amide bonds. The van der Waals surface area contributed by atoms with Crippen molar-refractivity contribution < 1.29 is 0 Å². The average Bonchev–Trinajstić information content (AvgIpc) is 2.48. The Balaban J connectivity index is 0. The summed E-state index contributed by atoms with van der Waals surface area (Å²) in [6.45, 7) is 8.42. The summed E-state index contributed by atoms with van der Waals surface area (Å²) in [5.41, 5.74) is 6.56. The van der Waals surface area contributed by atoms with Gasteiger partial charge in [-0.15, -0.1) is 24.8 Å². The van der Waals surface area contributed by atoms with Gasteiger partial charge < -0.3 is 11.1 Å². The van der Waals surface area contributed by atoms with E-state index < -0.39 is 0 Å². The minimum absolute atomic E-state index is 0. The maximum absolute atomic E-state index is 5.84. The molecular formula is C10H22Cl2N4. The summed E-state index contributed by atoms with van der Waals surface area (Å²) in [5, 5.41) is 7.66. The van der Waals surface area contributed by atoms with E-state index in [9.17, 15) is 0 Å². The Morgan fingerprint density at radius 2 is 1.94 bits per heavy atom. The summed E-state index contributed by atoms with van der Waals surface area (Å²) in [6, 6.07) is 0.762. The molecule has 1 aromatic heterocycles. The van der Waals surface area contributed by atoms with Crippen LogP contribution in [-0.4, -0.2) is 15.8 Å². The molecule has 1 aromatic rings. The van der Waals surface area contributed by atoms with Crippen LogP contribution in [0.1, 0.15) is 40.2 Å². The van der Waals surface area contributed by atoms with Gasteiger partial charge >= 0.3 is 0 Å². The average molecular weight is 269 g/mol. The monoisotopic (exact) mass is 268 g/mol. The molecule has 0 fully saturated rings. The predicted molar refractivity (Wildman–Crippen MR) is 74.9 cm³/mol. The molecule has 6 heteroatoms. The van der Waals surface area contributed by atoms with E-state index in [4.69, 9.17) is 5.73 Å². The van der Waals surface area contributed by atoms with E-state index in [2.05, 4.69) is 38.1 Å². The number of nitrogens with one attached hydrogen (secondary N) is 1. The number of hydrogen-bond acceptors (Lipinski definition) is 3. The molecule has 3 N–H and O–H groups in total. The Labute approximate surface area is 110 Å². The molecule has 0 aliphatic rings. The fourth-order valence-corrected chi connectivity index (χ4v) is 1.12. The molecule has 0 saturated heterocycles. The van der Waals surface area contributed by atoms with Crippen LogP contribution in [0.3, 0.4) is 0 Å². The van der Waals surface area contributed by atoms with Crippen LogP contribution in [0, 0.1) is 0 Å². The maximum Gasteiger partial charge on any atom is 0.171 e. The van der Waals surface area contributed by atoms with Gasteiger partial charge in [-0.2, -0.15) is 5.10 Å². The number of nitrogen functional groups attached to an aromatic ring is 1. The number of hydrogen-bond donors (Lipinski definition) is 2. The molecule has 0 spiro atoms. The first-order valence-electron chi connectivity index (χ1n) is 5.15. The maximum atomic E-state index is 5.84. The molecule has 1 heterocycles. The fraction of sp³-hybridized carbons (Fsp3) is 0.700. The number of anilines is 2. The van der Waals surface area contributed by atoms with Crippen LogP contribution in [0.2, 0.25) is 0 Å². The summed E-state index contributed by atoms with van der Waals surface area (Å²) >= 11 is 0. The zero-order valence-corrected chi connectivity index (χ0v) is 11.9. The molecule has 4 nitrogen and oxygen atoms in total. The normalized spacial score (nSPS) is 11.6. The lowest BCUT2D eigenvalue weighted by molar-refractivity contribution is 0.533. The van der Waals surface area contributed by atoms with Crippen LogP contribution in [0.25, 0.3) is 0 Å². The predicted octanol–water partition coefficient (Wildman–Crippen LogP) is 3.10. The van der Waals surface area contributed by atoms with Crippen molar-refractivity contribution in [2.75, 3.05) is 11.1 Å². The second kappa shape index (κ2) is 7.63. The van der Waals surface area contributed by atoms with Gasteiger partial charge in [0, 0.05) is 12.1 Å². The Hall–Kier alpha value is -0.610. The lowest BCUT2D eigenvalue weighted by atomic mass is 10.2. The summed E-state index contributed by atoms with van der Waals surface area (Å²) in [4.78, 5) is 0. The lowest BCUT2D eigenvalue weighted by Gasteiger charge is -2.10. The number of nitrogens with zero attached hydrogens (tertiary/aromatic N) is 2. The third kappa shape index (κ3) is 4.49. The van der Waals surface area contributed by atoms with Crippen molar-refractivity contribution >= 4 is 36.3 Å². The van der Waals surface area contributed by atoms with Crippen LogP contribution >= 0.6 is 24.8 Å². The third-order valence-corrected chi connectivity index (χ3v) is 2.28. The van der Waals surface area contributed by atoms with Crippen LogP contribution < -0.4 is 11.1 Å². The molecule has 96 valence electrons. The molecule has 0 saturated carbocycles. The van der Waals surface area contributed by atoms with E-state index >= 15 is 0 Å². The molecule has 0 aromatic carbocycles. The molecule has 1 rings (SSSR count). The molecule has 1 atom stereocenters. The summed E-state index contributed by atoms with van der Waals surface area (Å²) in [5.74, 6) is 0.799. The zero-order chi connectivity index (χ0) is 10.7. The van der Waals surface area contributed by atoms with Gasteiger partial charge in [0.2, 0.25) is 0 Å². The molecule has 16 heavy (non-hydrogen) atoms. The number of rotatable bonds is 4. The number of nitrogens with two attached hydrogens (primary N) is 1. The van der Waals surface area contributed by atoms with Crippen molar-refractivity contribution in [3.05, 3.63) is 6.20 Å². The van der Waals surface area contributed by atoms with Gasteiger partial charge in [-0.1, -0.05) is 6.92 Å². The van der Waals surface area contributed by atoms with Gasteiger partial charge in [-0.25, -0.2) is 0 Å². The second-order valence-corrected chi connectivity index (χ2v) is 3.96. The van der Waals surface area contributed by atoms with Crippen LogP contribution in [0.15, 0.2) is 6.20 Å². The van der Waals surface area contributed by atoms with Crippen molar-refractivity contribution in [2.45, 2.75) is 46.2 Å². The van der Waals surface area contributed by atoms with E-state index in [0.717, 1.165) is 17.9 Å². The van der Waals surface area contributed by atoms with E-state index in [1.807, 2.05) is 10.9 Å². The van der Waals surface area contributed by atoms with E-state index in [-0.39, 0.29) is 24.8 Å². The lowest BCUT2D eigenvalue weighted by Crippen LogP contribution is -2.15. The number of aromatic nitrogens is 2. The highest BCUT2D eigenvalue weighted by atomic mass is 35.5. The second-order valence-electron chi connectivity index (χ2n) is 3.96. The highest BCUT2D eigenvalue weighted by Gasteiger charge is 2.09. The Bertz CT molecular complexity index is 299. The van der Waals surface area contributed by atoms with Crippen molar-refractivity contribution in [3.8, 4) is 0 Å². The fourth-order valence-electron chi connectivity index (χ4n) is 1.12. The molecular weight excluding hydrogens is 247 g/mol. The van der Waals surface area contributed by atoms with Gasteiger partial charge in [0.15, 0.2) is 5.82 Å². The highest BCUT2D eigenvalue weighted by Crippen LogP contribution is 2.19. The SMILES string of the molecule is CCC(C)Nc1nn(C(C)C)cc1N.Cl.Cl. The van der Waals surface area contributed by atoms with Gasteiger partial charge in [0.1, 0.15) is 0 Å². The molecule has 0 radical (unpaired) electrons. The van der Waals surface area contributed by atoms with Gasteiger partial charge in [0.25, 0.3) is 0 Å². The van der Waals surface area contributed by atoms with Crippen molar-refractivity contribution in [1.29, 1.82) is 0 Å². The standard InChI is InChI=1S/C10H20N4.2ClH/c1-5-8(4)12-10-9(11)6-14(13-10)7(2)3;;/h6-8H,5,11H2,1-4H3,(H,12,13);2*1H. The van der Waals surface area contributed by atoms with Gasteiger partial charge in [-0.05, 0) is 27.2 Å².